The third kappa shape index (κ3) is 5.09. The van der Waals surface area contributed by atoms with Crippen LogP contribution in [-0.2, 0) is 12.6 Å². The van der Waals surface area contributed by atoms with Crippen LogP contribution >= 0.6 is 0 Å². The molecule has 0 bridgehead atoms. The van der Waals surface area contributed by atoms with Crippen molar-refractivity contribution in [3.8, 4) is 0 Å². The van der Waals surface area contributed by atoms with Crippen molar-refractivity contribution in [1.82, 2.24) is 20.6 Å². The van der Waals surface area contributed by atoms with Crippen LogP contribution in [0.3, 0.4) is 0 Å². The number of hydrogen-bond donors (Lipinski definition) is 1. The van der Waals surface area contributed by atoms with Gasteiger partial charge in [-0.2, -0.15) is 23.4 Å². The van der Waals surface area contributed by atoms with E-state index < -0.39 is 11.7 Å². The van der Waals surface area contributed by atoms with E-state index >= 15 is 0 Å². The number of alkyl halides is 3. The summed E-state index contributed by atoms with van der Waals surface area (Å²) in [6, 6.07) is 2.48. The molecule has 1 aliphatic rings. The minimum Gasteiger partial charge on any atom is -0.353 e. The molecular weight excluding hydrogens is 409 g/mol. The van der Waals surface area contributed by atoms with Crippen LogP contribution in [0, 0.1) is 13.8 Å². The minimum absolute atomic E-state index is 0.428. The topological polar surface area (TPSA) is 81.9 Å². The molecular formula is C20H25F3N8. The van der Waals surface area contributed by atoms with Gasteiger partial charge in [-0.25, -0.2) is 9.98 Å². The molecule has 2 aromatic heterocycles. The van der Waals surface area contributed by atoms with Crippen LogP contribution in [0.5, 0.6) is 0 Å². The number of rotatable bonds is 5. The Hall–Kier alpha value is -3.24. The van der Waals surface area contributed by atoms with Gasteiger partial charge in [-0.15, -0.1) is 5.10 Å². The summed E-state index contributed by atoms with van der Waals surface area (Å²) < 4.78 is 38.2. The van der Waals surface area contributed by atoms with E-state index in [9.17, 15) is 13.2 Å². The van der Waals surface area contributed by atoms with Gasteiger partial charge in [0.15, 0.2) is 11.7 Å². The van der Waals surface area contributed by atoms with Gasteiger partial charge in [0.05, 0.1) is 17.7 Å². The smallest absolute Gasteiger partial charge is 0.353 e. The van der Waals surface area contributed by atoms with E-state index in [1.165, 1.54) is 6.07 Å². The van der Waals surface area contributed by atoms with Crippen LogP contribution in [0.25, 0.3) is 0 Å². The van der Waals surface area contributed by atoms with E-state index in [-0.39, 0.29) is 0 Å². The first-order valence-electron chi connectivity index (χ1n) is 9.80. The lowest BCUT2D eigenvalue weighted by Gasteiger charge is -2.36. The summed E-state index contributed by atoms with van der Waals surface area (Å²) in [5.41, 5.74) is 4.78. The molecule has 0 spiro atoms. The van der Waals surface area contributed by atoms with E-state index in [2.05, 4.69) is 42.3 Å². The zero-order valence-corrected chi connectivity index (χ0v) is 17.7. The van der Waals surface area contributed by atoms with Crippen LogP contribution in [-0.4, -0.2) is 61.0 Å². The molecule has 0 aromatic carbocycles. The fraction of sp³-hybridized carbons (Fsp3) is 0.450. The lowest BCUT2D eigenvalue weighted by molar-refractivity contribution is -0.137. The fourth-order valence-electron chi connectivity index (χ4n) is 3.41. The fourth-order valence-corrected chi connectivity index (χ4v) is 3.41. The monoisotopic (exact) mass is 434 g/mol. The summed E-state index contributed by atoms with van der Waals surface area (Å²) in [7, 11) is 1.69. The third-order valence-corrected chi connectivity index (χ3v) is 5.32. The second-order valence-corrected chi connectivity index (χ2v) is 7.18. The number of aromatic nitrogens is 3. The number of hydrogen-bond acceptors (Lipinski definition) is 7. The Labute approximate surface area is 178 Å². The largest absolute Gasteiger partial charge is 0.417 e. The van der Waals surface area contributed by atoms with Gasteiger partial charge in [-0.05, 0) is 43.8 Å². The molecule has 8 nitrogen and oxygen atoms in total. The normalized spacial score (nSPS) is 15.2. The first kappa shape index (κ1) is 22.4. The van der Waals surface area contributed by atoms with E-state index in [1.54, 1.807) is 7.05 Å². The first-order valence-corrected chi connectivity index (χ1v) is 9.80. The number of halogens is 3. The van der Waals surface area contributed by atoms with Gasteiger partial charge in [0.2, 0.25) is 0 Å². The predicted octanol–water partition coefficient (Wildman–Crippen LogP) is 2.61. The Bertz CT molecular complexity index is 948. The van der Waals surface area contributed by atoms with Crippen LogP contribution in [0.15, 0.2) is 28.4 Å². The lowest BCUT2D eigenvalue weighted by Crippen LogP contribution is -2.47. The highest BCUT2D eigenvalue weighted by molar-refractivity contribution is 5.87. The number of hydrazone groups is 1. The maximum atomic E-state index is 12.7. The number of pyridine rings is 1. The highest BCUT2D eigenvalue weighted by Gasteiger charge is 2.31. The van der Waals surface area contributed by atoms with Crippen molar-refractivity contribution >= 4 is 24.2 Å². The van der Waals surface area contributed by atoms with Crippen molar-refractivity contribution in [1.29, 1.82) is 0 Å². The van der Waals surface area contributed by atoms with Crippen molar-refractivity contribution in [2.45, 2.75) is 26.4 Å². The SMILES string of the molecule is C=N/C(Cc1nnc(N2CCN(c3ccc(C(F)(F)F)cn3)CC2)c(C)c1C)=N\NC. The van der Waals surface area contributed by atoms with Gasteiger partial charge < -0.3 is 15.2 Å². The van der Waals surface area contributed by atoms with Gasteiger partial charge in [0, 0.05) is 39.4 Å². The number of aliphatic imine (C=N–C) groups is 1. The maximum absolute atomic E-state index is 12.7. The zero-order valence-electron chi connectivity index (χ0n) is 17.7. The van der Waals surface area contributed by atoms with Crippen molar-refractivity contribution in [3.63, 3.8) is 0 Å². The number of nitrogens with zero attached hydrogens (tertiary/aromatic N) is 7. The van der Waals surface area contributed by atoms with Crippen LogP contribution in [0.1, 0.15) is 22.4 Å². The molecule has 1 fully saturated rings. The minimum atomic E-state index is -4.38. The number of piperazine rings is 1. The molecule has 0 radical (unpaired) electrons. The average Bonchev–Trinajstić information content (AvgIpc) is 2.76. The molecule has 0 aliphatic carbocycles. The number of nitrogens with one attached hydrogen (secondary N) is 1. The second kappa shape index (κ2) is 9.27. The molecule has 2 aromatic rings. The van der Waals surface area contributed by atoms with Crippen molar-refractivity contribution in [3.05, 3.63) is 40.7 Å². The van der Waals surface area contributed by atoms with E-state index in [0.29, 0.717) is 44.3 Å². The Morgan fingerprint density at radius 3 is 2.32 bits per heavy atom. The molecule has 3 heterocycles. The Morgan fingerprint density at radius 2 is 1.77 bits per heavy atom. The zero-order chi connectivity index (χ0) is 22.6. The van der Waals surface area contributed by atoms with Crippen LogP contribution in [0.2, 0.25) is 0 Å². The predicted molar refractivity (Wildman–Crippen MR) is 115 cm³/mol. The molecule has 0 amide bonds. The third-order valence-electron chi connectivity index (χ3n) is 5.32. The van der Waals surface area contributed by atoms with E-state index in [0.717, 1.165) is 34.9 Å². The quantitative estimate of drug-likeness (QED) is 0.443. The maximum Gasteiger partial charge on any atom is 0.417 e. The van der Waals surface area contributed by atoms with Crippen molar-refractivity contribution < 1.29 is 13.2 Å². The highest BCUT2D eigenvalue weighted by atomic mass is 19.4. The molecule has 11 heteroatoms. The molecule has 0 saturated carbocycles. The van der Waals surface area contributed by atoms with Gasteiger partial charge in [0.25, 0.3) is 0 Å². The number of anilines is 2. The molecule has 0 unspecified atom stereocenters. The summed E-state index contributed by atoms with van der Waals surface area (Å²) >= 11 is 0. The molecule has 3 rings (SSSR count). The van der Waals surface area contributed by atoms with Crippen LogP contribution in [0.4, 0.5) is 24.8 Å². The molecule has 166 valence electrons. The molecule has 1 N–H and O–H groups in total. The molecule has 1 aliphatic heterocycles. The molecule has 1 saturated heterocycles. The highest BCUT2D eigenvalue weighted by Crippen LogP contribution is 2.30. The van der Waals surface area contributed by atoms with Gasteiger partial charge >= 0.3 is 6.18 Å². The Kier molecular flexibility index (Phi) is 6.71. The molecule has 0 atom stereocenters. The van der Waals surface area contributed by atoms with Gasteiger partial charge in [0.1, 0.15) is 5.82 Å². The summed E-state index contributed by atoms with van der Waals surface area (Å²) in [5, 5.41) is 12.9. The number of amidine groups is 1. The van der Waals surface area contributed by atoms with Crippen molar-refractivity contribution in [2.75, 3.05) is 43.0 Å². The summed E-state index contributed by atoms with van der Waals surface area (Å²) in [6.45, 7) is 10.1. The molecule has 31 heavy (non-hydrogen) atoms. The lowest BCUT2D eigenvalue weighted by atomic mass is 10.1. The van der Waals surface area contributed by atoms with Gasteiger partial charge in [-0.1, -0.05) is 0 Å². The van der Waals surface area contributed by atoms with Crippen molar-refractivity contribution in [2.24, 2.45) is 10.1 Å². The average molecular weight is 434 g/mol. The summed E-state index contributed by atoms with van der Waals surface area (Å²) in [4.78, 5) is 12.0. The summed E-state index contributed by atoms with van der Waals surface area (Å²) in [6.07, 6.45) is -3.08. The second-order valence-electron chi connectivity index (χ2n) is 7.18. The van der Waals surface area contributed by atoms with E-state index in [1.807, 2.05) is 18.7 Å². The summed E-state index contributed by atoms with van der Waals surface area (Å²) in [5.74, 6) is 1.87. The Balaban J connectivity index is 1.68. The first-order chi connectivity index (χ1) is 14.7. The van der Waals surface area contributed by atoms with Crippen LogP contribution < -0.4 is 15.2 Å². The Morgan fingerprint density at radius 1 is 1.10 bits per heavy atom. The van der Waals surface area contributed by atoms with E-state index in [4.69, 9.17) is 0 Å². The van der Waals surface area contributed by atoms with Gasteiger partial charge in [-0.3, -0.25) is 0 Å². The standard InChI is InChI=1S/C20H25F3N8/c1-13-14(2)19(29-27-16(13)11-17(24-3)28-25-4)31-9-7-30(8-10-31)18-6-5-15(12-26-18)20(21,22)23/h5-6,12,25H,3,7-11H2,1-2,4H3/b28-17-.